The maximum Gasteiger partial charge on any atom is 0.139 e. The largest absolute Gasteiger partial charge is 0.299 e. The second kappa shape index (κ2) is 2.97. The molecule has 0 aromatic heterocycles. The summed E-state index contributed by atoms with van der Waals surface area (Å²) in [5, 5.41) is 0. The van der Waals surface area contributed by atoms with Crippen molar-refractivity contribution in [1.29, 1.82) is 0 Å². The molecular weight excluding hydrogens is 160 g/mol. The molecule has 2 rings (SSSR count). The lowest BCUT2D eigenvalue weighted by Crippen LogP contribution is -2.45. The van der Waals surface area contributed by atoms with Crippen LogP contribution in [0.25, 0.3) is 0 Å². The van der Waals surface area contributed by atoms with Crippen molar-refractivity contribution in [2.24, 2.45) is 17.3 Å². The first-order chi connectivity index (χ1) is 6.15. The van der Waals surface area contributed by atoms with Gasteiger partial charge in [0.15, 0.2) is 0 Å². The van der Waals surface area contributed by atoms with Crippen LogP contribution in [0.4, 0.5) is 0 Å². The third-order valence-corrected chi connectivity index (χ3v) is 4.20. The summed E-state index contributed by atoms with van der Waals surface area (Å²) >= 11 is 0. The maximum atomic E-state index is 11.9. The van der Waals surface area contributed by atoms with Gasteiger partial charge in [-0.2, -0.15) is 0 Å². The van der Waals surface area contributed by atoms with E-state index in [-0.39, 0.29) is 5.41 Å². The van der Waals surface area contributed by atoms with Gasteiger partial charge in [0.1, 0.15) is 5.78 Å². The molecular formula is C12H18O. The van der Waals surface area contributed by atoms with Crippen LogP contribution in [-0.4, -0.2) is 5.78 Å². The minimum Gasteiger partial charge on any atom is -0.299 e. The van der Waals surface area contributed by atoms with E-state index in [4.69, 9.17) is 0 Å². The smallest absolute Gasteiger partial charge is 0.139 e. The van der Waals surface area contributed by atoms with Crippen molar-refractivity contribution in [2.45, 2.75) is 39.5 Å². The van der Waals surface area contributed by atoms with Crippen LogP contribution in [0.2, 0.25) is 0 Å². The zero-order chi connectivity index (χ0) is 9.47. The summed E-state index contributed by atoms with van der Waals surface area (Å²) in [6, 6.07) is 0. The Balaban J connectivity index is 2.35. The van der Waals surface area contributed by atoms with Crippen LogP contribution in [0.3, 0.4) is 0 Å². The summed E-state index contributed by atoms with van der Waals surface area (Å²) in [6.45, 7) is 4.36. The van der Waals surface area contributed by atoms with Crippen molar-refractivity contribution in [3.8, 4) is 0 Å². The van der Waals surface area contributed by atoms with E-state index >= 15 is 0 Å². The third-order valence-electron chi connectivity index (χ3n) is 4.20. The van der Waals surface area contributed by atoms with Crippen LogP contribution in [0, 0.1) is 17.3 Å². The molecule has 0 aromatic carbocycles. The van der Waals surface area contributed by atoms with Crippen LogP contribution in [0.1, 0.15) is 39.5 Å². The van der Waals surface area contributed by atoms with E-state index in [2.05, 4.69) is 26.0 Å². The Morgan fingerprint density at radius 2 is 2.31 bits per heavy atom. The Bertz CT molecular complexity index is 254. The van der Waals surface area contributed by atoms with Gasteiger partial charge in [0.05, 0.1) is 0 Å². The number of Topliss-reactive ketones (excluding diaryl/α,β-unsaturated/α-hetero) is 1. The van der Waals surface area contributed by atoms with Gasteiger partial charge in [0.2, 0.25) is 0 Å². The zero-order valence-electron chi connectivity index (χ0n) is 8.55. The molecule has 2 aliphatic rings. The molecule has 0 unspecified atom stereocenters. The highest BCUT2D eigenvalue weighted by molar-refractivity contribution is 5.86. The Morgan fingerprint density at radius 1 is 1.54 bits per heavy atom. The zero-order valence-corrected chi connectivity index (χ0v) is 8.55. The van der Waals surface area contributed by atoms with Crippen molar-refractivity contribution in [3.63, 3.8) is 0 Å². The van der Waals surface area contributed by atoms with Crippen LogP contribution in [0.5, 0.6) is 0 Å². The van der Waals surface area contributed by atoms with Gasteiger partial charge in [0, 0.05) is 11.8 Å². The Morgan fingerprint density at radius 3 is 3.00 bits per heavy atom. The topological polar surface area (TPSA) is 17.1 Å². The Hall–Kier alpha value is -0.590. The fraction of sp³-hybridized carbons (Fsp3) is 0.750. The van der Waals surface area contributed by atoms with E-state index in [1.54, 1.807) is 0 Å². The average molecular weight is 178 g/mol. The molecule has 1 nitrogen and oxygen atoms in total. The fourth-order valence-electron chi connectivity index (χ4n) is 2.94. The van der Waals surface area contributed by atoms with E-state index in [1.165, 1.54) is 6.42 Å². The molecule has 0 aromatic rings. The highest BCUT2D eigenvalue weighted by Crippen LogP contribution is 2.48. The first-order valence-electron chi connectivity index (χ1n) is 5.35. The maximum absolute atomic E-state index is 11.9. The van der Waals surface area contributed by atoms with Gasteiger partial charge in [-0.1, -0.05) is 26.0 Å². The summed E-state index contributed by atoms with van der Waals surface area (Å²) in [4.78, 5) is 11.9. The van der Waals surface area contributed by atoms with Crippen molar-refractivity contribution in [2.75, 3.05) is 0 Å². The number of ketones is 1. The number of rotatable bonds is 0. The Labute approximate surface area is 80.2 Å². The summed E-state index contributed by atoms with van der Waals surface area (Å²) in [5.41, 5.74) is -0.0347. The van der Waals surface area contributed by atoms with Gasteiger partial charge in [-0.15, -0.1) is 0 Å². The number of fused-ring (bicyclic) bond motifs is 1. The van der Waals surface area contributed by atoms with Gasteiger partial charge in [0.25, 0.3) is 0 Å². The van der Waals surface area contributed by atoms with E-state index in [1.807, 2.05) is 0 Å². The summed E-state index contributed by atoms with van der Waals surface area (Å²) in [6.07, 6.45) is 8.77. The van der Waals surface area contributed by atoms with Gasteiger partial charge < -0.3 is 0 Å². The molecule has 13 heavy (non-hydrogen) atoms. The number of hydrogen-bond acceptors (Lipinski definition) is 1. The van der Waals surface area contributed by atoms with Gasteiger partial charge >= 0.3 is 0 Å². The molecule has 3 atom stereocenters. The number of hydrogen-bond donors (Lipinski definition) is 0. The lowest BCUT2D eigenvalue weighted by atomic mass is 9.57. The third kappa shape index (κ3) is 1.17. The van der Waals surface area contributed by atoms with Crippen LogP contribution in [0.15, 0.2) is 12.2 Å². The molecule has 0 N–H and O–H groups in total. The summed E-state index contributed by atoms with van der Waals surface area (Å²) in [7, 11) is 0. The quantitative estimate of drug-likeness (QED) is 0.521. The van der Waals surface area contributed by atoms with E-state index in [0.717, 1.165) is 19.3 Å². The van der Waals surface area contributed by atoms with Crippen LogP contribution in [-0.2, 0) is 4.79 Å². The average Bonchev–Trinajstić information content (AvgIpc) is 2.10. The monoisotopic (exact) mass is 178 g/mol. The predicted molar refractivity (Wildman–Crippen MR) is 53.4 cm³/mol. The van der Waals surface area contributed by atoms with Crippen LogP contribution < -0.4 is 0 Å². The second-order valence-corrected chi connectivity index (χ2v) is 4.75. The molecule has 1 saturated carbocycles. The number of carbonyl (C=O) groups excluding carboxylic acids is 1. The predicted octanol–water partition coefficient (Wildman–Crippen LogP) is 2.96. The Kier molecular flexibility index (Phi) is 2.05. The molecule has 0 amide bonds. The molecule has 0 spiro atoms. The van der Waals surface area contributed by atoms with Gasteiger partial charge in [-0.3, -0.25) is 4.79 Å². The molecule has 0 aliphatic heterocycles. The van der Waals surface area contributed by atoms with Crippen molar-refractivity contribution >= 4 is 5.78 Å². The molecule has 0 saturated heterocycles. The molecule has 1 heteroatoms. The highest BCUT2D eigenvalue weighted by Gasteiger charge is 2.46. The van der Waals surface area contributed by atoms with Gasteiger partial charge in [-0.25, -0.2) is 0 Å². The highest BCUT2D eigenvalue weighted by atomic mass is 16.1. The molecule has 2 aliphatic carbocycles. The summed E-state index contributed by atoms with van der Waals surface area (Å²) in [5.74, 6) is 1.56. The lowest BCUT2D eigenvalue weighted by molar-refractivity contribution is -0.137. The minimum absolute atomic E-state index is 0.0347. The number of carbonyl (C=O) groups is 1. The molecule has 1 fully saturated rings. The fourth-order valence-corrected chi connectivity index (χ4v) is 2.94. The van der Waals surface area contributed by atoms with Crippen molar-refractivity contribution < 1.29 is 4.79 Å². The van der Waals surface area contributed by atoms with Gasteiger partial charge in [-0.05, 0) is 31.1 Å². The minimum atomic E-state index is -0.0347. The van der Waals surface area contributed by atoms with E-state index in [0.29, 0.717) is 17.6 Å². The van der Waals surface area contributed by atoms with Crippen molar-refractivity contribution in [1.82, 2.24) is 0 Å². The standard InChI is InChI=1S/C12H18O/c1-9-5-3-6-10-7-4-8-11(13)12(9,10)2/h3,5,9-10H,4,6-8H2,1-2H3/t9-,10-,12-/m1/s1. The molecule has 0 radical (unpaired) electrons. The molecule has 72 valence electrons. The lowest BCUT2D eigenvalue weighted by Gasteiger charge is -2.45. The normalized spacial score (nSPS) is 44.6. The number of allylic oxidation sites excluding steroid dienone is 2. The first kappa shape index (κ1) is 8.98. The SMILES string of the molecule is C[C@@H]1C=CC[C@@H]2CCCC(=O)[C@@]21C. The van der Waals surface area contributed by atoms with E-state index < -0.39 is 0 Å². The van der Waals surface area contributed by atoms with E-state index in [9.17, 15) is 4.79 Å². The first-order valence-corrected chi connectivity index (χ1v) is 5.35. The van der Waals surface area contributed by atoms with Crippen molar-refractivity contribution in [3.05, 3.63) is 12.2 Å². The molecule has 0 heterocycles. The second-order valence-electron chi connectivity index (χ2n) is 4.75. The molecule has 0 bridgehead atoms. The van der Waals surface area contributed by atoms with Crippen LogP contribution >= 0.6 is 0 Å². The summed E-state index contributed by atoms with van der Waals surface area (Å²) < 4.78 is 0.